The molecule has 142 valence electrons. The molecule has 0 aliphatic rings. The highest BCUT2D eigenvalue weighted by Crippen LogP contribution is 2.31. The second kappa shape index (κ2) is 7.62. The SMILES string of the molecule is CCn1c2ccc(C(=O)CN(C)C)cc2c2cc(C(=O)CN(C)C)ccc21. The van der Waals surface area contributed by atoms with Crippen LogP contribution in [0.5, 0.6) is 0 Å². The van der Waals surface area contributed by atoms with Crippen molar-refractivity contribution in [3.63, 3.8) is 0 Å². The predicted molar refractivity (Wildman–Crippen MR) is 111 cm³/mol. The van der Waals surface area contributed by atoms with Crippen molar-refractivity contribution in [1.29, 1.82) is 0 Å². The Labute approximate surface area is 160 Å². The largest absolute Gasteiger partial charge is 0.341 e. The molecule has 0 saturated heterocycles. The van der Waals surface area contributed by atoms with Gasteiger partial charge in [-0.05, 0) is 71.5 Å². The number of aromatic nitrogens is 1. The minimum atomic E-state index is 0.0964. The minimum absolute atomic E-state index is 0.0964. The topological polar surface area (TPSA) is 45.6 Å². The molecule has 0 spiro atoms. The van der Waals surface area contributed by atoms with E-state index in [4.69, 9.17) is 0 Å². The number of hydrogen-bond donors (Lipinski definition) is 0. The van der Waals surface area contributed by atoms with Gasteiger partial charge >= 0.3 is 0 Å². The van der Waals surface area contributed by atoms with Crippen molar-refractivity contribution >= 4 is 33.4 Å². The first-order valence-corrected chi connectivity index (χ1v) is 9.23. The van der Waals surface area contributed by atoms with E-state index >= 15 is 0 Å². The summed E-state index contributed by atoms with van der Waals surface area (Å²) >= 11 is 0. The molecule has 0 unspecified atom stereocenters. The van der Waals surface area contributed by atoms with Crippen LogP contribution in [-0.4, -0.2) is 67.2 Å². The van der Waals surface area contributed by atoms with Gasteiger partial charge in [0.05, 0.1) is 13.1 Å². The van der Waals surface area contributed by atoms with Crippen molar-refractivity contribution in [1.82, 2.24) is 14.4 Å². The maximum Gasteiger partial charge on any atom is 0.176 e. The first-order chi connectivity index (χ1) is 12.8. The number of fused-ring (bicyclic) bond motifs is 3. The monoisotopic (exact) mass is 365 g/mol. The van der Waals surface area contributed by atoms with Gasteiger partial charge in [0.1, 0.15) is 0 Å². The third kappa shape index (κ3) is 3.80. The number of benzene rings is 2. The lowest BCUT2D eigenvalue weighted by molar-refractivity contribution is 0.0949. The molecular formula is C22H27N3O2. The van der Waals surface area contributed by atoms with E-state index < -0.39 is 0 Å². The third-order valence-corrected chi connectivity index (χ3v) is 4.74. The normalized spacial score (nSPS) is 11.8. The summed E-state index contributed by atoms with van der Waals surface area (Å²) in [6.07, 6.45) is 0. The van der Waals surface area contributed by atoms with Crippen molar-refractivity contribution < 1.29 is 9.59 Å². The van der Waals surface area contributed by atoms with Crippen LogP contribution in [0.15, 0.2) is 36.4 Å². The Morgan fingerprint density at radius 3 is 1.52 bits per heavy atom. The molecule has 0 amide bonds. The first kappa shape index (κ1) is 19.3. The number of rotatable bonds is 7. The number of ketones is 2. The fraction of sp³-hybridized carbons (Fsp3) is 0.364. The first-order valence-electron chi connectivity index (χ1n) is 9.23. The quantitative estimate of drug-likeness (QED) is 0.603. The van der Waals surface area contributed by atoms with Crippen molar-refractivity contribution in [3.05, 3.63) is 47.5 Å². The van der Waals surface area contributed by atoms with Crippen molar-refractivity contribution in [3.8, 4) is 0 Å². The molecule has 0 aliphatic carbocycles. The highest BCUT2D eigenvalue weighted by Gasteiger charge is 2.16. The third-order valence-electron chi connectivity index (χ3n) is 4.74. The molecule has 27 heavy (non-hydrogen) atoms. The van der Waals surface area contributed by atoms with Gasteiger partial charge in [-0.3, -0.25) is 9.59 Å². The van der Waals surface area contributed by atoms with E-state index in [-0.39, 0.29) is 11.6 Å². The molecule has 0 atom stereocenters. The average molecular weight is 365 g/mol. The van der Waals surface area contributed by atoms with Crippen LogP contribution in [0.2, 0.25) is 0 Å². The Kier molecular flexibility index (Phi) is 5.44. The van der Waals surface area contributed by atoms with E-state index in [2.05, 4.69) is 11.5 Å². The van der Waals surface area contributed by atoms with Crippen LogP contribution in [0.1, 0.15) is 27.6 Å². The fourth-order valence-electron chi connectivity index (χ4n) is 3.55. The lowest BCUT2D eigenvalue weighted by Crippen LogP contribution is -2.21. The molecule has 1 heterocycles. The molecule has 3 rings (SSSR count). The molecule has 0 saturated carbocycles. The number of nitrogens with zero attached hydrogens (tertiary/aromatic N) is 3. The molecule has 0 radical (unpaired) electrons. The maximum absolute atomic E-state index is 12.5. The Morgan fingerprint density at radius 2 is 1.19 bits per heavy atom. The summed E-state index contributed by atoms with van der Waals surface area (Å²) in [6.45, 7) is 3.69. The van der Waals surface area contributed by atoms with Crippen LogP contribution in [0, 0.1) is 0 Å². The minimum Gasteiger partial charge on any atom is -0.341 e. The summed E-state index contributed by atoms with van der Waals surface area (Å²) in [5.41, 5.74) is 3.59. The second-order valence-corrected chi connectivity index (χ2v) is 7.53. The van der Waals surface area contributed by atoms with E-state index in [1.54, 1.807) is 0 Å². The van der Waals surface area contributed by atoms with E-state index in [0.29, 0.717) is 24.2 Å². The summed E-state index contributed by atoms with van der Waals surface area (Å²) < 4.78 is 2.23. The van der Waals surface area contributed by atoms with Crippen LogP contribution in [0.4, 0.5) is 0 Å². The number of likely N-dealkylation sites (N-methyl/N-ethyl adjacent to an activating group) is 2. The van der Waals surface area contributed by atoms with Crippen LogP contribution < -0.4 is 0 Å². The van der Waals surface area contributed by atoms with E-state index in [1.165, 1.54) is 0 Å². The second-order valence-electron chi connectivity index (χ2n) is 7.53. The van der Waals surface area contributed by atoms with E-state index in [0.717, 1.165) is 28.4 Å². The molecule has 0 aliphatic heterocycles. The summed E-state index contributed by atoms with van der Waals surface area (Å²) in [5.74, 6) is 0.193. The van der Waals surface area contributed by atoms with Gasteiger partial charge in [0.15, 0.2) is 11.6 Å². The number of hydrogen-bond acceptors (Lipinski definition) is 4. The van der Waals surface area contributed by atoms with Crippen molar-refractivity contribution in [2.24, 2.45) is 0 Å². The molecule has 0 fully saturated rings. The van der Waals surface area contributed by atoms with E-state index in [9.17, 15) is 9.59 Å². The molecular weight excluding hydrogens is 338 g/mol. The maximum atomic E-state index is 12.5. The zero-order chi connectivity index (χ0) is 19.7. The summed E-state index contributed by atoms with van der Waals surface area (Å²) in [5, 5.41) is 2.05. The van der Waals surface area contributed by atoms with Gasteiger partial charge in [0.2, 0.25) is 0 Å². The summed E-state index contributed by atoms with van der Waals surface area (Å²) in [6, 6.07) is 11.8. The Balaban J connectivity index is 2.17. The Bertz CT molecular complexity index is 936. The number of carbonyl (C=O) groups is 2. The molecule has 3 aromatic rings. The van der Waals surface area contributed by atoms with Gasteiger partial charge < -0.3 is 14.4 Å². The Hall–Kier alpha value is -2.50. The van der Waals surface area contributed by atoms with Crippen molar-refractivity contribution in [2.75, 3.05) is 41.3 Å². The number of Topliss-reactive ketones (excluding diaryl/α,β-unsaturated/α-hetero) is 2. The van der Waals surface area contributed by atoms with Crippen LogP contribution >= 0.6 is 0 Å². The van der Waals surface area contributed by atoms with Crippen LogP contribution in [0.25, 0.3) is 21.8 Å². The average Bonchev–Trinajstić information content (AvgIpc) is 2.92. The molecule has 5 nitrogen and oxygen atoms in total. The molecule has 1 aromatic heterocycles. The van der Waals surface area contributed by atoms with Gasteiger partial charge in [-0.25, -0.2) is 0 Å². The number of carbonyl (C=O) groups excluding carboxylic acids is 2. The molecule has 5 heteroatoms. The van der Waals surface area contributed by atoms with Gasteiger partial charge in [-0.2, -0.15) is 0 Å². The highest BCUT2D eigenvalue weighted by molar-refractivity contribution is 6.13. The number of aryl methyl sites for hydroxylation is 1. The lowest BCUT2D eigenvalue weighted by Gasteiger charge is -2.09. The molecule has 0 bridgehead atoms. The van der Waals surface area contributed by atoms with Crippen LogP contribution in [0.3, 0.4) is 0 Å². The summed E-state index contributed by atoms with van der Waals surface area (Å²) in [4.78, 5) is 28.7. The van der Waals surface area contributed by atoms with Crippen molar-refractivity contribution in [2.45, 2.75) is 13.5 Å². The fourth-order valence-corrected chi connectivity index (χ4v) is 3.55. The molecule has 2 aromatic carbocycles. The van der Waals surface area contributed by atoms with Gasteiger partial charge in [0.25, 0.3) is 0 Å². The van der Waals surface area contributed by atoms with Gasteiger partial charge in [-0.15, -0.1) is 0 Å². The predicted octanol–water partition coefficient (Wildman–Crippen LogP) is 3.30. The Morgan fingerprint density at radius 1 is 0.778 bits per heavy atom. The standard InChI is InChI=1S/C22H27N3O2/c1-6-25-19-9-7-15(21(26)13-23(2)3)11-17(19)18-12-16(8-10-20(18)25)22(27)14-24(4)5/h7-12H,6,13-14H2,1-5H3. The zero-order valence-electron chi connectivity index (χ0n) is 16.7. The van der Waals surface area contributed by atoms with Gasteiger partial charge in [0, 0.05) is 39.5 Å². The van der Waals surface area contributed by atoms with E-state index in [1.807, 2.05) is 74.4 Å². The summed E-state index contributed by atoms with van der Waals surface area (Å²) in [7, 11) is 7.56. The lowest BCUT2D eigenvalue weighted by atomic mass is 10.0. The highest BCUT2D eigenvalue weighted by atomic mass is 16.1. The van der Waals surface area contributed by atoms with Crippen LogP contribution in [-0.2, 0) is 6.54 Å². The van der Waals surface area contributed by atoms with Gasteiger partial charge in [-0.1, -0.05) is 0 Å². The molecule has 0 N–H and O–H groups in total. The smallest absolute Gasteiger partial charge is 0.176 e. The zero-order valence-corrected chi connectivity index (χ0v) is 16.7.